The van der Waals surface area contributed by atoms with Crippen LogP contribution in [-0.2, 0) is 0 Å². The Morgan fingerprint density at radius 2 is 2.26 bits per heavy atom. The fourth-order valence-electron chi connectivity index (χ4n) is 3.03. The number of carbonyl (C=O) groups excluding carboxylic acids is 1. The third-order valence-corrected chi connectivity index (χ3v) is 4.18. The van der Waals surface area contributed by atoms with Crippen molar-refractivity contribution in [3.8, 4) is 0 Å². The van der Waals surface area contributed by atoms with E-state index < -0.39 is 5.60 Å². The highest BCUT2D eigenvalue weighted by atomic mass is 16.3. The van der Waals surface area contributed by atoms with Gasteiger partial charge in [0.2, 0.25) is 0 Å². The number of amides is 1. The number of nitrogens with zero attached hydrogens (tertiary/aromatic N) is 2. The van der Waals surface area contributed by atoms with Crippen molar-refractivity contribution in [1.29, 1.82) is 0 Å². The number of aromatic nitrogens is 1. The quantitative estimate of drug-likeness (QED) is 0.886. The predicted molar refractivity (Wildman–Crippen MR) is 68.9 cm³/mol. The molecule has 0 spiro atoms. The molecule has 1 unspecified atom stereocenters. The summed E-state index contributed by atoms with van der Waals surface area (Å²) >= 11 is 0. The lowest BCUT2D eigenvalue weighted by molar-refractivity contribution is 0.0569. The molecule has 3 rings (SSSR count). The lowest BCUT2D eigenvalue weighted by Crippen LogP contribution is -2.34. The lowest BCUT2D eigenvalue weighted by Gasteiger charge is -2.17. The molecule has 2 aliphatic rings. The minimum absolute atomic E-state index is 0.134. The van der Waals surface area contributed by atoms with Gasteiger partial charge in [-0.15, -0.1) is 0 Å². The molecule has 1 aromatic rings. The average molecular weight is 264 g/mol. The van der Waals surface area contributed by atoms with Crippen LogP contribution in [0.2, 0.25) is 0 Å². The van der Waals surface area contributed by atoms with Crippen LogP contribution in [0.25, 0.3) is 0 Å². The first-order valence-corrected chi connectivity index (χ1v) is 7.02. The van der Waals surface area contributed by atoms with Crippen molar-refractivity contribution in [2.24, 2.45) is 0 Å². The smallest absolute Gasteiger partial charge is 0.275 e. The van der Waals surface area contributed by atoms with Crippen LogP contribution in [0.15, 0.2) is 10.7 Å². The fraction of sp³-hybridized carbons (Fsp3) is 0.714. The monoisotopic (exact) mass is 264 g/mol. The molecular formula is C14H20N2O3. The number of likely N-dealkylation sites (tertiary alicyclic amines) is 1. The van der Waals surface area contributed by atoms with Crippen LogP contribution < -0.4 is 0 Å². The summed E-state index contributed by atoms with van der Waals surface area (Å²) < 4.78 is 5.46. The van der Waals surface area contributed by atoms with Gasteiger partial charge in [-0.3, -0.25) is 4.79 Å². The van der Waals surface area contributed by atoms with Crippen LogP contribution in [0.1, 0.15) is 61.3 Å². The highest BCUT2D eigenvalue weighted by Gasteiger charge is 2.35. The Bertz CT molecular complexity index is 475. The molecule has 1 aromatic heterocycles. The van der Waals surface area contributed by atoms with E-state index in [4.69, 9.17) is 4.42 Å². The predicted octanol–water partition coefficient (Wildman–Crippen LogP) is 1.93. The van der Waals surface area contributed by atoms with Crippen molar-refractivity contribution in [2.75, 3.05) is 13.1 Å². The molecule has 0 aromatic carbocycles. The maximum Gasteiger partial charge on any atom is 0.275 e. The number of rotatable bonds is 2. The van der Waals surface area contributed by atoms with Crippen LogP contribution in [0.3, 0.4) is 0 Å². The Morgan fingerprint density at radius 1 is 1.53 bits per heavy atom. The molecule has 2 fully saturated rings. The van der Waals surface area contributed by atoms with Gasteiger partial charge in [0.15, 0.2) is 11.6 Å². The zero-order valence-electron chi connectivity index (χ0n) is 11.3. The van der Waals surface area contributed by atoms with Gasteiger partial charge in [-0.1, -0.05) is 12.8 Å². The summed E-state index contributed by atoms with van der Waals surface area (Å²) in [7, 11) is 0. The summed E-state index contributed by atoms with van der Waals surface area (Å²) in [5.74, 6) is 0.945. The zero-order valence-corrected chi connectivity index (χ0v) is 11.3. The number of oxazole rings is 1. The van der Waals surface area contributed by atoms with Crippen LogP contribution in [0, 0.1) is 0 Å². The molecular weight excluding hydrogens is 244 g/mol. The second-order valence-corrected chi connectivity index (χ2v) is 6.03. The van der Waals surface area contributed by atoms with E-state index in [-0.39, 0.29) is 5.91 Å². The normalized spacial score (nSPS) is 28.2. The third kappa shape index (κ3) is 2.52. The number of hydrogen-bond acceptors (Lipinski definition) is 4. The van der Waals surface area contributed by atoms with E-state index in [9.17, 15) is 9.90 Å². The second-order valence-electron chi connectivity index (χ2n) is 6.03. The summed E-state index contributed by atoms with van der Waals surface area (Å²) in [6, 6.07) is 0. The minimum atomic E-state index is -0.770. The molecule has 1 N–H and O–H groups in total. The first kappa shape index (κ1) is 12.7. The van der Waals surface area contributed by atoms with Crippen molar-refractivity contribution in [2.45, 2.75) is 50.5 Å². The highest BCUT2D eigenvalue weighted by Crippen LogP contribution is 2.33. The molecule has 1 amide bonds. The Hall–Kier alpha value is -1.36. The van der Waals surface area contributed by atoms with Gasteiger partial charge in [-0.25, -0.2) is 4.98 Å². The van der Waals surface area contributed by atoms with Crippen molar-refractivity contribution in [3.05, 3.63) is 17.8 Å². The summed E-state index contributed by atoms with van der Waals surface area (Å²) in [4.78, 5) is 18.2. The third-order valence-electron chi connectivity index (χ3n) is 4.18. The van der Waals surface area contributed by atoms with Gasteiger partial charge >= 0.3 is 0 Å². The van der Waals surface area contributed by atoms with Crippen molar-refractivity contribution < 1.29 is 14.3 Å². The van der Waals surface area contributed by atoms with Gasteiger partial charge in [-0.05, 0) is 26.2 Å². The number of aliphatic hydroxyl groups is 1. The number of hydrogen-bond donors (Lipinski definition) is 1. The summed E-state index contributed by atoms with van der Waals surface area (Å²) in [5.41, 5.74) is -0.396. The topological polar surface area (TPSA) is 66.6 Å². The Morgan fingerprint density at radius 3 is 2.89 bits per heavy atom. The van der Waals surface area contributed by atoms with Crippen LogP contribution in [0.4, 0.5) is 0 Å². The molecule has 5 nitrogen and oxygen atoms in total. The molecule has 1 aliphatic heterocycles. The zero-order chi connectivity index (χ0) is 13.5. The van der Waals surface area contributed by atoms with Crippen molar-refractivity contribution >= 4 is 5.91 Å². The first-order valence-electron chi connectivity index (χ1n) is 7.02. The standard InChI is InChI=1S/C14H20N2O3/c1-14(18)6-7-16(9-14)13(17)11-8-19-12(15-11)10-4-2-3-5-10/h8,10,18H,2-7,9H2,1H3. The van der Waals surface area contributed by atoms with E-state index >= 15 is 0 Å². The van der Waals surface area contributed by atoms with Crippen LogP contribution >= 0.6 is 0 Å². The molecule has 104 valence electrons. The molecule has 0 bridgehead atoms. The van der Waals surface area contributed by atoms with Crippen molar-refractivity contribution in [1.82, 2.24) is 9.88 Å². The molecule has 5 heteroatoms. The number of carbonyl (C=O) groups is 1. The van der Waals surface area contributed by atoms with Crippen LogP contribution in [0.5, 0.6) is 0 Å². The molecule has 1 atom stereocenters. The highest BCUT2D eigenvalue weighted by molar-refractivity contribution is 5.92. The second kappa shape index (κ2) is 4.63. The molecule has 1 saturated carbocycles. The minimum Gasteiger partial charge on any atom is -0.448 e. The maximum atomic E-state index is 12.3. The van der Waals surface area contributed by atoms with Gasteiger partial charge in [0, 0.05) is 19.0 Å². The molecule has 0 radical (unpaired) electrons. The van der Waals surface area contributed by atoms with E-state index in [1.54, 1.807) is 11.8 Å². The molecule has 1 aliphatic carbocycles. The van der Waals surface area contributed by atoms with Gasteiger partial charge in [-0.2, -0.15) is 0 Å². The summed E-state index contributed by atoms with van der Waals surface area (Å²) in [6.45, 7) is 2.71. The van der Waals surface area contributed by atoms with E-state index in [2.05, 4.69) is 4.98 Å². The molecule has 1 saturated heterocycles. The molecule has 19 heavy (non-hydrogen) atoms. The van der Waals surface area contributed by atoms with Gasteiger partial charge in [0.25, 0.3) is 5.91 Å². The summed E-state index contributed by atoms with van der Waals surface area (Å²) in [6.07, 6.45) is 6.71. The summed E-state index contributed by atoms with van der Waals surface area (Å²) in [5, 5.41) is 9.90. The van der Waals surface area contributed by atoms with E-state index in [0.29, 0.717) is 37.0 Å². The van der Waals surface area contributed by atoms with E-state index in [1.807, 2.05) is 0 Å². The Labute approximate surface area is 112 Å². The molecule has 2 heterocycles. The first-order chi connectivity index (χ1) is 9.05. The van der Waals surface area contributed by atoms with Crippen LogP contribution in [-0.4, -0.2) is 39.6 Å². The Kier molecular flexibility index (Phi) is 3.09. The van der Waals surface area contributed by atoms with Crippen molar-refractivity contribution in [3.63, 3.8) is 0 Å². The number of β-amino-alcohol motifs (C(OH)–C–C–N with tert-alkyl or cyclic N) is 1. The van der Waals surface area contributed by atoms with E-state index in [1.165, 1.54) is 19.1 Å². The maximum absolute atomic E-state index is 12.3. The average Bonchev–Trinajstić information content (AvgIpc) is 3.06. The Balaban J connectivity index is 1.70. The fourth-order valence-corrected chi connectivity index (χ4v) is 3.03. The largest absolute Gasteiger partial charge is 0.448 e. The van der Waals surface area contributed by atoms with Gasteiger partial charge < -0.3 is 14.4 Å². The SMILES string of the molecule is CC1(O)CCN(C(=O)c2coc(C3CCCC3)n2)C1. The lowest BCUT2D eigenvalue weighted by atomic mass is 10.1. The van der Waals surface area contributed by atoms with Gasteiger partial charge in [0.1, 0.15) is 6.26 Å². The van der Waals surface area contributed by atoms with E-state index in [0.717, 1.165) is 12.8 Å². The van der Waals surface area contributed by atoms with Gasteiger partial charge in [0.05, 0.1) is 5.60 Å².